The van der Waals surface area contributed by atoms with E-state index < -0.39 is 0 Å². The van der Waals surface area contributed by atoms with E-state index in [1.807, 2.05) is 13.8 Å². The van der Waals surface area contributed by atoms with Gasteiger partial charge in [-0.05, 0) is 25.5 Å². The molecule has 4 heteroatoms. The Bertz CT molecular complexity index is 379. The van der Waals surface area contributed by atoms with Crippen LogP contribution in [0.3, 0.4) is 0 Å². The summed E-state index contributed by atoms with van der Waals surface area (Å²) in [6, 6.07) is 4.99. The van der Waals surface area contributed by atoms with Gasteiger partial charge in [-0.1, -0.05) is 34.5 Å². The monoisotopic (exact) mass is 285 g/mol. The highest BCUT2D eigenvalue weighted by atomic mass is 79.9. The van der Waals surface area contributed by atoms with E-state index in [1.165, 1.54) is 6.07 Å². The smallest absolute Gasteiger partial charge is 0.255 e. The molecule has 0 heterocycles. The van der Waals surface area contributed by atoms with Crippen LogP contribution in [0.5, 0.6) is 5.75 Å². The number of phenols is 1. The summed E-state index contributed by atoms with van der Waals surface area (Å²) in [6.07, 6.45) is 0.945. The van der Waals surface area contributed by atoms with Crippen LogP contribution in [-0.4, -0.2) is 22.4 Å². The summed E-state index contributed by atoms with van der Waals surface area (Å²) in [5.41, 5.74) is 1.28. The third-order valence-electron chi connectivity index (χ3n) is 2.32. The van der Waals surface area contributed by atoms with Gasteiger partial charge in [0.1, 0.15) is 5.75 Å². The van der Waals surface area contributed by atoms with E-state index in [1.54, 1.807) is 12.1 Å². The summed E-state index contributed by atoms with van der Waals surface area (Å²) >= 11 is 3.43. The average Bonchev–Trinajstić information content (AvgIpc) is 2.28. The van der Waals surface area contributed by atoms with Crippen molar-refractivity contribution < 1.29 is 9.90 Å². The number of aryl methyl sites for hydroxylation is 1. The quantitative estimate of drug-likeness (QED) is 0.836. The molecule has 0 fully saturated rings. The summed E-state index contributed by atoms with van der Waals surface area (Å²) in [4.78, 5) is 12.0. The Morgan fingerprint density at radius 2 is 2.25 bits per heavy atom. The van der Waals surface area contributed by atoms with Crippen LogP contribution in [-0.2, 0) is 0 Å². The Hall–Kier alpha value is -1.03. The first-order chi connectivity index (χ1) is 7.54. The molecule has 0 radical (unpaired) electrons. The Kier molecular flexibility index (Phi) is 4.80. The molecule has 0 saturated carbocycles. The number of amides is 1. The van der Waals surface area contributed by atoms with Crippen molar-refractivity contribution in [3.05, 3.63) is 29.3 Å². The normalized spacial score (nSPS) is 12.2. The SMILES string of the molecule is CCC(Br)CNC(=O)c1cc(C)ccc1O. The number of carbonyl (C=O) groups excluding carboxylic acids is 1. The lowest BCUT2D eigenvalue weighted by atomic mass is 10.1. The number of aromatic hydroxyl groups is 1. The van der Waals surface area contributed by atoms with Gasteiger partial charge in [-0.15, -0.1) is 0 Å². The highest BCUT2D eigenvalue weighted by Crippen LogP contribution is 2.18. The minimum Gasteiger partial charge on any atom is -0.507 e. The van der Waals surface area contributed by atoms with Crippen LogP contribution in [0.25, 0.3) is 0 Å². The molecule has 1 rings (SSSR count). The van der Waals surface area contributed by atoms with E-state index in [2.05, 4.69) is 21.2 Å². The summed E-state index contributed by atoms with van der Waals surface area (Å²) in [5, 5.41) is 12.3. The zero-order valence-electron chi connectivity index (χ0n) is 9.46. The Morgan fingerprint density at radius 1 is 1.56 bits per heavy atom. The van der Waals surface area contributed by atoms with E-state index in [9.17, 15) is 9.90 Å². The van der Waals surface area contributed by atoms with Gasteiger partial charge < -0.3 is 10.4 Å². The standard InChI is InChI=1S/C12H16BrNO2/c1-3-9(13)7-14-12(16)10-6-8(2)4-5-11(10)15/h4-6,9,15H,3,7H2,1-2H3,(H,14,16). The number of alkyl halides is 1. The van der Waals surface area contributed by atoms with Crippen molar-refractivity contribution in [3.8, 4) is 5.75 Å². The van der Waals surface area contributed by atoms with Crippen molar-refractivity contribution in [3.63, 3.8) is 0 Å². The zero-order chi connectivity index (χ0) is 12.1. The fourth-order valence-corrected chi connectivity index (χ4v) is 1.44. The zero-order valence-corrected chi connectivity index (χ0v) is 11.0. The van der Waals surface area contributed by atoms with Gasteiger partial charge in [0, 0.05) is 11.4 Å². The van der Waals surface area contributed by atoms with Crippen molar-refractivity contribution in [2.45, 2.75) is 25.1 Å². The number of rotatable bonds is 4. The number of halogens is 1. The molecular weight excluding hydrogens is 270 g/mol. The average molecular weight is 286 g/mol. The predicted octanol–water partition coefficient (Wildman–Crippen LogP) is 2.60. The second kappa shape index (κ2) is 5.89. The number of hydrogen-bond acceptors (Lipinski definition) is 2. The fraction of sp³-hybridized carbons (Fsp3) is 0.417. The second-order valence-corrected chi connectivity index (χ2v) is 5.03. The van der Waals surface area contributed by atoms with Crippen LogP contribution in [0.4, 0.5) is 0 Å². The van der Waals surface area contributed by atoms with E-state index in [0.717, 1.165) is 12.0 Å². The molecule has 88 valence electrons. The highest BCUT2D eigenvalue weighted by molar-refractivity contribution is 9.09. The first kappa shape index (κ1) is 13.0. The summed E-state index contributed by atoms with van der Waals surface area (Å²) < 4.78 is 0. The van der Waals surface area contributed by atoms with E-state index in [-0.39, 0.29) is 16.5 Å². The lowest BCUT2D eigenvalue weighted by molar-refractivity contribution is 0.0951. The van der Waals surface area contributed by atoms with Crippen molar-refractivity contribution in [2.24, 2.45) is 0 Å². The molecule has 0 aliphatic rings. The fourth-order valence-electron chi connectivity index (χ4n) is 1.27. The number of nitrogens with one attached hydrogen (secondary N) is 1. The molecule has 0 spiro atoms. The minimum absolute atomic E-state index is 0.0192. The lowest BCUT2D eigenvalue weighted by Crippen LogP contribution is -2.29. The van der Waals surface area contributed by atoms with Gasteiger partial charge in [0.2, 0.25) is 0 Å². The maximum atomic E-state index is 11.7. The molecule has 0 aliphatic heterocycles. The van der Waals surface area contributed by atoms with Crippen LogP contribution in [0.2, 0.25) is 0 Å². The Labute approximate surface area is 104 Å². The number of phenolic OH excluding ortho intramolecular Hbond substituents is 1. The maximum Gasteiger partial charge on any atom is 0.255 e. The molecule has 3 nitrogen and oxygen atoms in total. The largest absolute Gasteiger partial charge is 0.507 e. The third-order valence-corrected chi connectivity index (χ3v) is 3.29. The number of benzene rings is 1. The lowest BCUT2D eigenvalue weighted by Gasteiger charge is -2.10. The van der Waals surface area contributed by atoms with Gasteiger partial charge in [0.15, 0.2) is 0 Å². The molecule has 0 aromatic heterocycles. The molecule has 16 heavy (non-hydrogen) atoms. The molecule has 0 saturated heterocycles. The van der Waals surface area contributed by atoms with Gasteiger partial charge in [-0.25, -0.2) is 0 Å². The molecule has 1 atom stereocenters. The molecule has 2 N–H and O–H groups in total. The predicted molar refractivity (Wildman–Crippen MR) is 68.2 cm³/mol. The van der Waals surface area contributed by atoms with E-state index in [4.69, 9.17) is 0 Å². The molecule has 1 aromatic rings. The van der Waals surface area contributed by atoms with Crippen LogP contribution < -0.4 is 5.32 Å². The third kappa shape index (κ3) is 3.52. The van der Waals surface area contributed by atoms with Crippen molar-refractivity contribution in [1.29, 1.82) is 0 Å². The second-order valence-electron chi connectivity index (χ2n) is 3.74. The topological polar surface area (TPSA) is 49.3 Å². The van der Waals surface area contributed by atoms with Crippen LogP contribution >= 0.6 is 15.9 Å². The molecule has 1 unspecified atom stereocenters. The van der Waals surface area contributed by atoms with Crippen LogP contribution in [0, 0.1) is 6.92 Å². The summed E-state index contributed by atoms with van der Waals surface area (Å²) in [7, 11) is 0. The van der Waals surface area contributed by atoms with Gasteiger partial charge in [0.05, 0.1) is 5.56 Å². The minimum atomic E-state index is -0.237. The summed E-state index contributed by atoms with van der Waals surface area (Å²) in [6.45, 7) is 4.48. The van der Waals surface area contributed by atoms with Crippen LogP contribution in [0.15, 0.2) is 18.2 Å². The van der Waals surface area contributed by atoms with Gasteiger partial charge in [-0.2, -0.15) is 0 Å². The van der Waals surface area contributed by atoms with Gasteiger partial charge in [0.25, 0.3) is 5.91 Å². The van der Waals surface area contributed by atoms with E-state index >= 15 is 0 Å². The Morgan fingerprint density at radius 3 is 2.88 bits per heavy atom. The first-order valence-electron chi connectivity index (χ1n) is 5.26. The van der Waals surface area contributed by atoms with Crippen molar-refractivity contribution in [1.82, 2.24) is 5.32 Å². The number of hydrogen-bond donors (Lipinski definition) is 2. The van der Waals surface area contributed by atoms with Crippen LogP contribution in [0.1, 0.15) is 29.3 Å². The van der Waals surface area contributed by atoms with E-state index in [0.29, 0.717) is 12.1 Å². The van der Waals surface area contributed by atoms with Gasteiger partial charge >= 0.3 is 0 Å². The molecule has 0 bridgehead atoms. The first-order valence-corrected chi connectivity index (χ1v) is 6.18. The molecule has 1 aromatic carbocycles. The highest BCUT2D eigenvalue weighted by Gasteiger charge is 2.11. The van der Waals surface area contributed by atoms with Gasteiger partial charge in [-0.3, -0.25) is 4.79 Å². The molecule has 1 amide bonds. The summed E-state index contributed by atoms with van der Waals surface area (Å²) in [5.74, 6) is -0.218. The Balaban J connectivity index is 2.69. The molecular formula is C12H16BrNO2. The molecule has 0 aliphatic carbocycles. The van der Waals surface area contributed by atoms with Crippen molar-refractivity contribution >= 4 is 21.8 Å². The number of carbonyl (C=O) groups is 1. The van der Waals surface area contributed by atoms with Crippen molar-refractivity contribution in [2.75, 3.05) is 6.54 Å². The maximum absolute atomic E-state index is 11.7.